The lowest BCUT2D eigenvalue weighted by molar-refractivity contribution is -0.116. The van der Waals surface area contributed by atoms with Crippen LogP contribution in [0.15, 0.2) is 79.1 Å². The van der Waals surface area contributed by atoms with E-state index >= 15 is 0 Å². The van der Waals surface area contributed by atoms with Crippen molar-refractivity contribution in [2.45, 2.75) is 31.3 Å². The Hall–Kier alpha value is -3.45. The molecule has 0 fully saturated rings. The van der Waals surface area contributed by atoms with Crippen LogP contribution in [0.2, 0.25) is 0 Å². The van der Waals surface area contributed by atoms with Gasteiger partial charge in [-0.1, -0.05) is 25.7 Å². The van der Waals surface area contributed by atoms with Crippen LogP contribution in [0.4, 0.5) is 4.39 Å². The smallest absolute Gasteiger partial charge is 0.252 e. The number of aromatic nitrogens is 3. The Morgan fingerprint density at radius 2 is 2.03 bits per heavy atom. The van der Waals surface area contributed by atoms with Gasteiger partial charge in [-0.05, 0) is 67.1 Å². The second kappa shape index (κ2) is 11.4. The molecule has 0 saturated carbocycles. The highest BCUT2D eigenvalue weighted by atomic mass is 32.2. The zero-order valence-corrected chi connectivity index (χ0v) is 19.6. The molecule has 2 aromatic heterocycles. The molecule has 0 spiro atoms. The van der Waals surface area contributed by atoms with Crippen LogP contribution in [0.1, 0.15) is 43.1 Å². The number of hydrogen-bond acceptors (Lipinski definition) is 4. The zero-order chi connectivity index (χ0) is 23.8. The van der Waals surface area contributed by atoms with Crippen LogP contribution in [-0.2, 0) is 4.79 Å². The Morgan fingerprint density at radius 1 is 1.27 bits per heavy atom. The lowest BCUT2D eigenvalue weighted by Crippen LogP contribution is -2.29. The van der Waals surface area contributed by atoms with Crippen LogP contribution in [0.5, 0.6) is 0 Å². The molecule has 3 aromatic rings. The number of halogens is 1. The van der Waals surface area contributed by atoms with E-state index in [0.717, 1.165) is 16.3 Å². The van der Waals surface area contributed by atoms with Crippen LogP contribution in [0.25, 0.3) is 17.3 Å². The quantitative estimate of drug-likeness (QED) is 0.228. The topological polar surface area (TPSA) is 59.8 Å². The molecule has 0 aliphatic rings. The molecule has 33 heavy (non-hydrogen) atoms. The Balaban J connectivity index is 1.90. The summed E-state index contributed by atoms with van der Waals surface area (Å²) in [5.41, 5.74) is 3.41. The molecule has 1 aromatic carbocycles. The predicted molar refractivity (Wildman–Crippen MR) is 134 cm³/mol. The summed E-state index contributed by atoms with van der Waals surface area (Å²) in [5.74, 6) is 0.359. The van der Waals surface area contributed by atoms with Crippen LogP contribution < -0.4 is 5.32 Å². The van der Waals surface area contributed by atoms with Gasteiger partial charge < -0.3 is 5.32 Å². The first kappa shape index (κ1) is 24.2. The number of nitrogens with one attached hydrogen (secondary N) is 1. The largest absolute Gasteiger partial charge is 0.345 e. The second-order valence-electron chi connectivity index (χ2n) is 7.15. The number of carbonyl (C=O) groups excluding carboxylic acids is 1. The third kappa shape index (κ3) is 5.68. The van der Waals surface area contributed by atoms with E-state index in [1.165, 1.54) is 12.1 Å². The number of hydrogen-bond donors (Lipinski definition) is 1. The van der Waals surface area contributed by atoms with Crippen LogP contribution in [-0.4, -0.2) is 26.4 Å². The molecule has 1 atom stereocenters. The van der Waals surface area contributed by atoms with Gasteiger partial charge in [0, 0.05) is 17.3 Å². The molecule has 2 heterocycles. The van der Waals surface area contributed by atoms with Crippen molar-refractivity contribution >= 4 is 29.3 Å². The number of pyridine rings is 1. The van der Waals surface area contributed by atoms with Gasteiger partial charge in [-0.2, -0.15) is 5.10 Å². The van der Waals surface area contributed by atoms with E-state index < -0.39 is 0 Å². The maximum Gasteiger partial charge on any atom is 0.252 e. The van der Waals surface area contributed by atoms with E-state index in [2.05, 4.69) is 35.5 Å². The fourth-order valence-corrected chi connectivity index (χ4v) is 4.16. The predicted octanol–water partition coefficient (Wildman–Crippen LogP) is 6.00. The number of thioether (sulfide) groups is 1. The van der Waals surface area contributed by atoms with Gasteiger partial charge >= 0.3 is 0 Å². The van der Waals surface area contributed by atoms with Crippen molar-refractivity contribution in [3.05, 3.63) is 96.7 Å². The molecule has 1 unspecified atom stereocenters. The first-order chi connectivity index (χ1) is 16.0. The molecule has 0 bridgehead atoms. The highest BCUT2D eigenvalue weighted by Gasteiger charge is 2.22. The molecule has 0 aliphatic heterocycles. The fraction of sp³-hybridized carbons (Fsp3) is 0.192. The van der Waals surface area contributed by atoms with Crippen LogP contribution >= 0.6 is 11.8 Å². The number of benzene rings is 1. The lowest BCUT2D eigenvalue weighted by atomic mass is 10.0. The van der Waals surface area contributed by atoms with E-state index in [1.54, 1.807) is 59.2 Å². The monoisotopic (exact) mass is 462 g/mol. The number of amides is 1. The van der Waals surface area contributed by atoms with E-state index in [4.69, 9.17) is 0 Å². The summed E-state index contributed by atoms with van der Waals surface area (Å²) in [6.07, 6.45) is 9.14. The van der Waals surface area contributed by atoms with Gasteiger partial charge in [-0.25, -0.2) is 14.1 Å². The van der Waals surface area contributed by atoms with E-state index in [0.29, 0.717) is 28.9 Å². The summed E-state index contributed by atoms with van der Waals surface area (Å²) in [6, 6.07) is 9.65. The lowest BCUT2D eigenvalue weighted by Gasteiger charge is -2.19. The van der Waals surface area contributed by atoms with E-state index in [1.807, 2.05) is 19.1 Å². The minimum absolute atomic E-state index is 0.229. The maximum absolute atomic E-state index is 13.3. The molecule has 0 saturated heterocycles. The van der Waals surface area contributed by atoms with Gasteiger partial charge in [0.15, 0.2) is 0 Å². The van der Waals surface area contributed by atoms with Crippen molar-refractivity contribution < 1.29 is 9.18 Å². The highest BCUT2D eigenvalue weighted by molar-refractivity contribution is 7.99. The first-order valence-electron chi connectivity index (χ1n) is 10.7. The van der Waals surface area contributed by atoms with Crippen molar-refractivity contribution in [2.75, 3.05) is 5.75 Å². The second-order valence-corrected chi connectivity index (χ2v) is 8.43. The van der Waals surface area contributed by atoms with Gasteiger partial charge in [0.2, 0.25) is 0 Å². The molecule has 0 radical (unpaired) electrons. The first-order valence-corrected chi connectivity index (χ1v) is 11.6. The average Bonchev–Trinajstić information content (AvgIpc) is 3.24. The third-order valence-electron chi connectivity index (χ3n) is 5.06. The molecular weight excluding hydrogens is 435 g/mol. The summed E-state index contributed by atoms with van der Waals surface area (Å²) in [7, 11) is 0. The Morgan fingerprint density at radius 3 is 2.67 bits per heavy atom. The van der Waals surface area contributed by atoms with Crippen LogP contribution in [0.3, 0.4) is 0 Å². The highest BCUT2D eigenvalue weighted by Crippen LogP contribution is 2.26. The fourth-order valence-electron chi connectivity index (χ4n) is 3.51. The van der Waals surface area contributed by atoms with Gasteiger partial charge in [-0.15, -0.1) is 18.3 Å². The van der Waals surface area contributed by atoms with Crippen LogP contribution in [0, 0.1) is 5.82 Å². The van der Waals surface area contributed by atoms with Gasteiger partial charge in [0.05, 0.1) is 28.6 Å². The van der Waals surface area contributed by atoms with Crippen molar-refractivity contribution in [3.8, 4) is 5.69 Å². The van der Waals surface area contributed by atoms with Crippen molar-refractivity contribution in [1.29, 1.82) is 0 Å². The summed E-state index contributed by atoms with van der Waals surface area (Å²) in [6.45, 7) is 11.6. The van der Waals surface area contributed by atoms with Crippen molar-refractivity contribution in [2.24, 2.45) is 0 Å². The number of allylic oxidation sites excluding steroid dienone is 1. The minimum Gasteiger partial charge on any atom is -0.345 e. The minimum atomic E-state index is -0.329. The van der Waals surface area contributed by atoms with Crippen molar-refractivity contribution in [3.63, 3.8) is 0 Å². The molecular formula is C26H27FN4OS. The molecule has 5 nitrogen and oxygen atoms in total. The molecule has 1 amide bonds. The van der Waals surface area contributed by atoms with Gasteiger partial charge in [-0.3, -0.25) is 4.79 Å². The van der Waals surface area contributed by atoms with Crippen molar-refractivity contribution in [1.82, 2.24) is 20.1 Å². The third-order valence-corrected chi connectivity index (χ3v) is 5.86. The van der Waals surface area contributed by atoms with E-state index in [9.17, 15) is 9.18 Å². The van der Waals surface area contributed by atoms with E-state index in [-0.39, 0.29) is 17.8 Å². The zero-order valence-electron chi connectivity index (χ0n) is 18.8. The molecule has 7 heteroatoms. The van der Waals surface area contributed by atoms with Gasteiger partial charge in [0.1, 0.15) is 5.82 Å². The normalized spacial score (nSPS) is 12.3. The SMILES string of the molecule is C=CCC(NC(=O)/C(=C/C)c1cnn(-c2ccc(F)cc2)c1C=C)c1ccnc(SCC)c1. The number of nitrogens with zero attached hydrogens (tertiary/aromatic N) is 3. The Bertz CT molecular complexity index is 1170. The summed E-state index contributed by atoms with van der Waals surface area (Å²) in [5, 5.41) is 8.46. The molecule has 1 N–H and O–H groups in total. The summed E-state index contributed by atoms with van der Waals surface area (Å²) >= 11 is 1.65. The average molecular weight is 463 g/mol. The molecule has 0 aliphatic carbocycles. The summed E-state index contributed by atoms with van der Waals surface area (Å²) < 4.78 is 15.0. The molecule has 3 rings (SSSR count). The standard InChI is InChI=1S/C26H27FN4OS/c1-5-9-23(18-14-15-28-25(16-18)33-8-4)30-26(32)21(6-2)22-17-29-31(24(22)7-3)20-12-10-19(27)11-13-20/h5-7,10-17,23H,1,3,8-9H2,2,4H3,(H,30,32)/b21-6+. The molecule has 170 valence electrons. The summed E-state index contributed by atoms with van der Waals surface area (Å²) in [4.78, 5) is 17.7. The Labute approximate surface area is 198 Å². The van der Waals surface area contributed by atoms with Gasteiger partial charge in [0.25, 0.3) is 5.91 Å². The number of rotatable bonds is 10. The Kier molecular flexibility index (Phi) is 8.38. The number of carbonyl (C=O) groups is 1. The maximum atomic E-state index is 13.3.